The number of amides is 3. The van der Waals surface area contributed by atoms with E-state index < -0.39 is 23.3 Å². The van der Waals surface area contributed by atoms with Gasteiger partial charge in [0.25, 0.3) is 5.91 Å². The second kappa shape index (κ2) is 8.41. The lowest BCUT2D eigenvalue weighted by Crippen LogP contribution is -2.64. The van der Waals surface area contributed by atoms with Gasteiger partial charge in [-0.25, -0.2) is 0 Å². The van der Waals surface area contributed by atoms with Crippen molar-refractivity contribution in [2.45, 2.75) is 37.3 Å². The monoisotopic (exact) mass is 436 g/mol. The second-order valence-corrected chi connectivity index (χ2v) is 8.13. The van der Waals surface area contributed by atoms with Crippen molar-refractivity contribution >= 4 is 23.5 Å². The Hall–Kier alpha value is -3.75. The quantitative estimate of drug-likeness (QED) is 0.622. The van der Waals surface area contributed by atoms with Gasteiger partial charge in [0, 0.05) is 25.4 Å². The molecule has 0 saturated carbocycles. The Balaban J connectivity index is 1.53. The summed E-state index contributed by atoms with van der Waals surface area (Å²) in [5.41, 5.74) is 5.41. The summed E-state index contributed by atoms with van der Waals surface area (Å²) < 4.78 is 0. The van der Waals surface area contributed by atoms with Gasteiger partial charge in [-0.1, -0.05) is 18.2 Å². The lowest BCUT2D eigenvalue weighted by molar-refractivity contribution is -0.149. The molecule has 0 bridgehead atoms. The van der Waals surface area contributed by atoms with Crippen LogP contribution in [0.5, 0.6) is 5.75 Å². The SMILES string of the molecule is NC(=O)C12C(=O)CN(C(=O)Cc3cccnc3)C1CCN2C(=O)CCc1ccc(O)cc1. The summed E-state index contributed by atoms with van der Waals surface area (Å²) in [6.45, 7) is -0.0844. The van der Waals surface area contributed by atoms with Gasteiger partial charge in [-0.3, -0.25) is 24.2 Å². The average molecular weight is 436 g/mol. The molecule has 3 amide bonds. The van der Waals surface area contributed by atoms with Crippen LogP contribution in [0.25, 0.3) is 0 Å². The van der Waals surface area contributed by atoms with Crippen molar-refractivity contribution in [3.8, 4) is 5.75 Å². The third-order valence-corrected chi connectivity index (χ3v) is 6.29. The van der Waals surface area contributed by atoms with E-state index >= 15 is 0 Å². The first kappa shape index (κ1) is 21.5. The number of hydrogen-bond donors (Lipinski definition) is 2. The van der Waals surface area contributed by atoms with Crippen LogP contribution in [-0.2, 0) is 32.0 Å². The Kier molecular flexibility index (Phi) is 5.65. The number of primary amides is 1. The predicted molar refractivity (Wildman–Crippen MR) is 113 cm³/mol. The minimum Gasteiger partial charge on any atom is -0.508 e. The fourth-order valence-corrected chi connectivity index (χ4v) is 4.77. The van der Waals surface area contributed by atoms with Crippen LogP contribution in [0.15, 0.2) is 48.8 Å². The number of nitrogens with two attached hydrogens (primary N) is 1. The zero-order valence-electron chi connectivity index (χ0n) is 17.4. The average Bonchev–Trinajstić information content (AvgIpc) is 3.31. The van der Waals surface area contributed by atoms with E-state index in [0.717, 1.165) is 5.56 Å². The summed E-state index contributed by atoms with van der Waals surface area (Å²) in [5.74, 6) is -1.97. The molecule has 2 unspecified atom stereocenters. The van der Waals surface area contributed by atoms with Crippen LogP contribution < -0.4 is 5.73 Å². The molecule has 9 nitrogen and oxygen atoms in total. The molecular weight excluding hydrogens is 412 g/mol. The van der Waals surface area contributed by atoms with Gasteiger partial charge in [0.2, 0.25) is 17.4 Å². The first-order valence-electron chi connectivity index (χ1n) is 10.4. The number of Topliss-reactive ketones (excluding diaryl/α,β-unsaturated/α-hetero) is 1. The number of phenolic OH excluding ortho intramolecular Hbond substituents is 1. The van der Waals surface area contributed by atoms with E-state index in [2.05, 4.69) is 4.98 Å². The lowest BCUT2D eigenvalue weighted by Gasteiger charge is -2.34. The van der Waals surface area contributed by atoms with Gasteiger partial charge in [-0.05, 0) is 42.2 Å². The molecule has 3 N–H and O–H groups in total. The molecule has 9 heteroatoms. The molecule has 2 fully saturated rings. The standard InChI is InChI=1S/C23H24N4O5/c24-22(32)23-18(26(14-19(23)29)21(31)12-16-2-1-10-25-13-16)9-11-27(23)20(30)8-5-15-3-6-17(28)7-4-15/h1-4,6-7,10,13,18,28H,5,8-9,11-12,14H2,(H2,24,32). The van der Waals surface area contributed by atoms with Gasteiger partial charge in [0.15, 0.2) is 5.78 Å². The number of ketones is 1. The molecule has 3 heterocycles. The highest BCUT2D eigenvalue weighted by Gasteiger charge is 2.66. The van der Waals surface area contributed by atoms with Crippen molar-refractivity contribution in [3.63, 3.8) is 0 Å². The maximum absolute atomic E-state index is 13.1. The number of fused-ring (bicyclic) bond motifs is 1. The number of rotatable bonds is 6. The molecule has 0 aliphatic carbocycles. The van der Waals surface area contributed by atoms with E-state index in [1.54, 1.807) is 36.7 Å². The largest absolute Gasteiger partial charge is 0.508 e. The lowest BCUT2D eigenvalue weighted by atomic mass is 9.88. The summed E-state index contributed by atoms with van der Waals surface area (Å²) >= 11 is 0. The van der Waals surface area contributed by atoms with Gasteiger partial charge < -0.3 is 20.6 Å². The van der Waals surface area contributed by atoms with Crippen molar-refractivity contribution in [1.29, 1.82) is 0 Å². The maximum atomic E-state index is 13.1. The molecule has 0 spiro atoms. The third kappa shape index (κ3) is 3.59. The Morgan fingerprint density at radius 1 is 1.12 bits per heavy atom. The minimum atomic E-state index is -1.82. The number of carbonyl (C=O) groups excluding carboxylic acids is 4. The number of likely N-dealkylation sites (tertiary alicyclic amines) is 2. The molecule has 0 radical (unpaired) electrons. The van der Waals surface area contributed by atoms with Crippen LogP contribution in [0.1, 0.15) is 24.0 Å². The van der Waals surface area contributed by atoms with E-state index in [0.29, 0.717) is 18.4 Å². The molecule has 4 rings (SSSR count). The summed E-state index contributed by atoms with van der Waals surface area (Å²) in [4.78, 5) is 58.3. The highest BCUT2D eigenvalue weighted by Crippen LogP contribution is 2.40. The molecule has 2 aliphatic heterocycles. The minimum absolute atomic E-state index is 0.0429. The summed E-state index contributed by atoms with van der Waals surface area (Å²) in [6.07, 6.45) is 3.98. The zero-order valence-corrected chi connectivity index (χ0v) is 17.4. The Labute approximate surface area is 184 Å². The van der Waals surface area contributed by atoms with Crippen molar-refractivity contribution in [3.05, 3.63) is 59.9 Å². The number of phenols is 1. The molecule has 32 heavy (non-hydrogen) atoms. The number of aromatic nitrogens is 1. The number of aryl methyl sites for hydroxylation is 1. The first-order valence-corrected chi connectivity index (χ1v) is 10.4. The summed E-state index contributed by atoms with van der Waals surface area (Å²) in [7, 11) is 0. The number of pyridine rings is 1. The van der Waals surface area contributed by atoms with E-state index in [9.17, 15) is 24.3 Å². The van der Waals surface area contributed by atoms with Crippen LogP contribution >= 0.6 is 0 Å². The van der Waals surface area contributed by atoms with Gasteiger partial charge in [0.1, 0.15) is 5.75 Å². The topological polar surface area (TPSA) is 134 Å². The maximum Gasteiger partial charge on any atom is 0.253 e. The van der Waals surface area contributed by atoms with Gasteiger partial charge in [-0.2, -0.15) is 0 Å². The molecule has 2 aromatic rings. The third-order valence-electron chi connectivity index (χ3n) is 6.29. The van der Waals surface area contributed by atoms with Gasteiger partial charge in [0.05, 0.1) is 19.0 Å². The molecule has 2 saturated heterocycles. The molecule has 166 valence electrons. The molecule has 2 aliphatic rings. The zero-order chi connectivity index (χ0) is 22.9. The number of hydrogen-bond acceptors (Lipinski definition) is 6. The van der Waals surface area contributed by atoms with Crippen molar-refractivity contribution < 1.29 is 24.3 Å². The normalized spacial score (nSPS) is 22.1. The second-order valence-electron chi connectivity index (χ2n) is 8.13. The van der Waals surface area contributed by atoms with E-state index in [4.69, 9.17) is 5.73 Å². The Bertz CT molecular complexity index is 1060. The van der Waals surface area contributed by atoms with Gasteiger partial charge in [-0.15, -0.1) is 0 Å². The molecule has 1 aromatic carbocycles. The molecular formula is C23H24N4O5. The summed E-state index contributed by atoms with van der Waals surface area (Å²) in [5, 5.41) is 9.40. The van der Waals surface area contributed by atoms with Crippen LogP contribution in [0.3, 0.4) is 0 Å². The number of benzene rings is 1. The van der Waals surface area contributed by atoms with Crippen LogP contribution in [0.2, 0.25) is 0 Å². The Morgan fingerprint density at radius 2 is 1.88 bits per heavy atom. The van der Waals surface area contributed by atoms with E-state index in [-0.39, 0.29) is 43.5 Å². The fraction of sp³-hybridized carbons (Fsp3) is 0.348. The van der Waals surface area contributed by atoms with Crippen molar-refractivity contribution in [2.75, 3.05) is 13.1 Å². The number of aromatic hydroxyl groups is 1. The van der Waals surface area contributed by atoms with Crippen LogP contribution in [-0.4, -0.2) is 68.1 Å². The number of carbonyl (C=O) groups is 4. The fourth-order valence-electron chi connectivity index (χ4n) is 4.77. The van der Waals surface area contributed by atoms with Crippen LogP contribution in [0.4, 0.5) is 0 Å². The number of nitrogens with zero attached hydrogens (tertiary/aromatic N) is 3. The van der Waals surface area contributed by atoms with E-state index in [1.165, 1.54) is 21.9 Å². The predicted octanol–water partition coefficient (Wildman–Crippen LogP) is 0.199. The van der Waals surface area contributed by atoms with Crippen molar-refractivity contribution in [1.82, 2.24) is 14.8 Å². The smallest absolute Gasteiger partial charge is 0.253 e. The highest BCUT2D eigenvalue weighted by molar-refractivity contribution is 6.17. The van der Waals surface area contributed by atoms with Gasteiger partial charge >= 0.3 is 0 Å². The van der Waals surface area contributed by atoms with Crippen molar-refractivity contribution in [2.24, 2.45) is 5.73 Å². The van der Waals surface area contributed by atoms with Crippen LogP contribution in [0, 0.1) is 0 Å². The first-order chi connectivity index (χ1) is 15.3. The highest BCUT2D eigenvalue weighted by atomic mass is 16.3. The van der Waals surface area contributed by atoms with E-state index in [1.807, 2.05) is 0 Å². The Morgan fingerprint density at radius 3 is 2.53 bits per heavy atom. The summed E-state index contributed by atoms with van der Waals surface area (Å²) in [6, 6.07) is 9.19. The molecule has 1 aromatic heterocycles. The molecule has 2 atom stereocenters.